The number of nitro groups is 1. The summed E-state index contributed by atoms with van der Waals surface area (Å²) in [5.41, 5.74) is 1.36. The molecular weight excluding hydrogens is 340 g/mol. The van der Waals surface area contributed by atoms with Crippen molar-refractivity contribution in [1.29, 1.82) is 0 Å². The van der Waals surface area contributed by atoms with Gasteiger partial charge in [-0.05, 0) is 0 Å². The molecule has 8 heteroatoms. The molecule has 0 spiro atoms. The maximum absolute atomic E-state index is 12.0. The van der Waals surface area contributed by atoms with Crippen LogP contribution in [0.4, 0.5) is 5.69 Å². The lowest BCUT2D eigenvalue weighted by Crippen LogP contribution is -3.00. The molecule has 7 nitrogen and oxygen atoms in total. The second-order valence-corrected chi connectivity index (χ2v) is 4.44. The summed E-state index contributed by atoms with van der Waals surface area (Å²) >= 11 is 0. The lowest BCUT2D eigenvalue weighted by molar-refractivity contribution is -0.645. The number of rotatable bonds is 2. The number of fused-ring (bicyclic) bond motifs is 1. The number of H-pyrrole nitrogens is 1. The molecule has 21 heavy (non-hydrogen) atoms. The van der Waals surface area contributed by atoms with Gasteiger partial charge in [0, 0.05) is 17.7 Å². The maximum atomic E-state index is 12.0. The third-order valence-corrected chi connectivity index (χ3v) is 3.12. The first-order valence-electron chi connectivity index (χ1n) is 5.91. The van der Waals surface area contributed by atoms with E-state index >= 15 is 0 Å². The highest BCUT2D eigenvalue weighted by atomic mass is 79.9. The summed E-state index contributed by atoms with van der Waals surface area (Å²) in [6.07, 6.45) is 5.25. The molecule has 0 fully saturated rings. The highest BCUT2D eigenvalue weighted by Gasteiger charge is 2.15. The summed E-state index contributed by atoms with van der Waals surface area (Å²) in [6.45, 7) is 0. The van der Waals surface area contributed by atoms with Crippen molar-refractivity contribution in [2.75, 3.05) is 0 Å². The number of aromatic nitrogens is 3. The van der Waals surface area contributed by atoms with Crippen LogP contribution in [0.1, 0.15) is 0 Å². The van der Waals surface area contributed by atoms with Crippen molar-refractivity contribution in [1.82, 2.24) is 9.38 Å². The molecule has 0 unspecified atom stereocenters. The molecule has 0 amide bonds. The fraction of sp³-hybridized carbons (Fsp3) is 0.0769. The summed E-state index contributed by atoms with van der Waals surface area (Å²) < 4.78 is 3.39. The zero-order valence-corrected chi connectivity index (χ0v) is 12.6. The molecule has 1 N–H and O–H groups in total. The van der Waals surface area contributed by atoms with Crippen LogP contribution in [0.5, 0.6) is 0 Å². The Bertz CT molecular complexity index is 884. The van der Waals surface area contributed by atoms with Crippen molar-refractivity contribution >= 4 is 11.3 Å². The SMILES string of the molecule is C[n+]1ccn2cc(-c3cccc([N+](=O)[O-])c3)[nH]c(=O)c21.[Br-]. The van der Waals surface area contributed by atoms with Gasteiger partial charge in [-0.25, -0.2) is 4.57 Å². The largest absolute Gasteiger partial charge is 1.00 e. The molecule has 0 saturated carbocycles. The summed E-state index contributed by atoms with van der Waals surface area (Å²) in [7, 11) is 1.78. The van der Waals surface area contributed by atoms with E-state index < -0.39 is 4.92 Å². The Hall–Kier alpha value is -2.48. The van der Waals surface area contributed by atoms with Crippen LogP contribution < -0.4 is 27.1 Å². The molecule has 0 bridgehead atoms. The summed E-state index contributed by atoms with van der Waals surface area (Å²) in [6, 6.07) is 6.15. The van der Waals surface area contributed by atoms with Gasteiger partial charge < -0.3 is 22.0 Å². The van der Waals surface area contributed by atoms with Crippen LogP contribution in [-0.4, -0.2) is 14.3 Å². The van der Waals surface area contributed by atoms with E-state index in [4.69, 9.17) is 0 Å². The van der Waals surface area contributed by atoms with Gasteiger partial charge in [-0.3, -0.25) is 14.9 Å². The van der Waals surface area contributed by atoms with Crippen molar-refractivity contribution < 1.29 is 26.5 Å². The van der Waals surface area contributed by atoms with Crippen LogP contribution in [0.2, 0.25) is 0 Å². The van der Waals surface area contributed by atoms with Crippen LogP contribution in [-0.2, 0) is 7.05 Å². The minimum atomic E-state index is -0.463. The Balaban J connectivity index is 0.00000161. The molecule has 1 aromatic carbocycles. The molecule has 0 saturated heterocycles. The molecule has 3 rings (SSSR count). The van der Waals surface area contributed by atoms with E-state index in [1.807, 2.05) is 0 Å². The summed E-state index contributed by atoms with van der Waals surface area (Å²) in [5.74, 6) is 0. The van der Waals surface area contributed by atoms with Gasteiger partial charge in [0.05, 0.1) is 17.7 Å². The maximum Gasteiger partial charge on any atom is 0.352 e. The van der Waals surface area contributed by atoms with Crippen molar-refractivity contribution in [2.45, 2.75) is 0 Å². The van der Waals surface area contributed by atoms with Gasteiger partial charge in [-0.15, -0.1) is 0 Å². The number of halogens is 1. The lowest BCUT2D eigenvalue weighted by Gasteiger charge is -2.00. The highest BCUT2D eigenvalue weighted by Crippen LogP contribution is 2.21. The molecular formula is C13H11BrN4O3. The zero-order valence-electron chi connectivity index (χ0n) is 11.0. The first-order valence-corrected chi connectivity index (χ1v) is 5.91. The quantitative estimate of drug-likeness (QED) is 0.330. The standard InChI is InChI=1S/C13H10N4O3.BrH/c1-15-5-6-16-8-11(14-12(18)13(15)16)9-3-2-4-10(7-9)17(19)20;/h2-8H,1H3;1H. The van der Waals surface area contributed by atoms with E-state index in [2.05, 4.69) is 4.98 Å². The smallest absolute Gasteiger partial charge is 0.352 e. The predicted octanol–water partition coefficient (Wildman–Crippen LogP) is -1.97. The summed E-state index contributed by atoms with van der Waals surface area (Å²) in [4.78, 5) is 25.1. The number of nitrogens with zero attached hydrogens (tertiary/aromatic N) is 3. The molecule has 0 aliphatic carbocycles. The van der Waals surface area contributed by atoms with Gasteiger partial charge in [-0.1, -0.05) is 12.1 Å². The normalized spacial score (nSPS) is 10.3. The molecule has 0 aliphatic heterocycles. The van der Waals surface area contributed by atoms with Crippen LogP contribution in [0.15, 0.2) is 47.7 Å². The van der Waals surface area contributed by atoms with Crippen LogP contribution in [0.25, 0.3) is 16.9 Å². The molecule has 0 aliphatic rings. The first-order chi connectivity index (χ1) is 9.56. The van der Waals surface area contributed by atoms with E-state index in [1.165, 1.54) is 12.1 Å². The molecule has 108 valence electrons. The van der Waals surface area contributed by atoms with Crippen LogP contribution in [0.3, 0.4) is 0 Å². The number of hydrogen-bond acceptors (Lipinski definition) is 3. The topological polar surface area (TPSA) is 84.3 Å². The van der Waals surface area contributed by atoms with Gasteiger partial charge in [0.15, 0.2) is 0 Å². The highest BCUT2D eigenvalue weighted by molar-refractivity contribution is 5.62. The Labute approximate surface area is 129 Å². The predicted molar refractivity (Wildman–Crippen MR) is 71.3 cm³/mol. The number of nitro benzene ring substituents is 1. The Kier molecular flexibility index (Phi) is 3.90. The lowest BCUT2D eigenvalue weighted by atomic mass is 10.1. The zero-order chi connectivity index (χ0) is 14.3. The first kappa shape index (κ1) is 14.9. The number of aryl methyl sites for hydroxylation is 1. The second-order valence-electron chi connectivity index (χ2n) is 4.44. The average molecular weight is 351 g/mol. The van der Waals surface area contributed by atoms with Gasteiger partial charge in [-0.2, -0.15) is 4.40 Å². The molecule has 3 aromatic rings. The van der Waals surface area contributed by atoms with E-state index in [0.29, 0.717) is 16.9 Å². The minimum Gasteiger partial charge on any atom is -1.00 e. The van der Waals surface area contributed by atoms with E-state index in [-0.39, 0.29) is 28.2 Å². The van der Waals surface area contributed by atoms with Crippen molar-refractivity contribution in [3.8, 4) is 11.3 Å². The van der Waals surface area contributed by atoms with Crippen molar-refractivity contribution in [2.24, 2.45) is 7.05 Å². The van der Waals surface area contributed by atoms with Gasteiger partial charge in [0.2, 0.25) is 0 Å². The third kappa shape index (κ3) is 2.57. The average Bonchev–Trinajstić information content (AvgIpc) is 2.81. The van der Waals surface area contributed by atoms with E-state index in [9.17, 15) is 14.9 Å². The molecule has 2 aromatic heterocycles. The molecule has 0 atom stereocenters. The Morgan fingerprint density at radius 1 is 1.38 bits per heavy atom. The van der Waals surface area contributed by atoms with Crippen molar-refractivity contribution in [3.05, 3.63) is 63.3 Å². The number of aromatic amines is 1. The summed E-state index contributed by atoms with van der Waals surface area (Å²) in [5, 5.41) is 10.8. The van der Waals surface area contributed by atoms with Crippen LogP contribution >= 0.6 is 0 Å². The number of nitrogens with one attached hydrogen (secondary N) is 1. The Morgan fingerprint density at radius 2 is 2.14 bits per heavy atom. The fourth-order valence-electron chi connectivity index (χ4n) is 2.16. The van der Waals surface area contributed by atoms with Gasteiger partial charge in [0.1, 0.15) is 18.6 Å². The van der Waals surface area contributed by atoms with Crippen LogP contribution in [0, 0.1) is 10.1 Å². The molecule has 0 radical (unpaired) electrons. The third-order valence-electron chi connectivity index (χ3n) is 3.12. The number of imidazole rings is 1. The van der Waals surface area contributed by atoms with Gasteiger partial charge >= 0.3 is 11.2 Å². The number of non-ortho nitro benzene ring substituents is 1. The minimum absolute atomic E-state index is 0. The molecule has 2 heterocycles. The number of benzene rings is 1. The Morgan fingerprint density at radius 3 is 2.86 bits per heavy atom. The second kappa shape index (κ2) is 5.49. The monoisotopic (exact) mass is 350 g/mol. The van der Waals surface area contributed by atoms with E-state index in [1.54, 1.807) is 46.7 Å². The van der Waals surface area contributed by atoms with Gasteiger partial charge in [0.25, 0.3) is 5.69 Å². The van der Waals surface area contributed by atoms with E-state index in [0.717, 1.165) is 0 Å². The number of hydrogen-bond donors (Lipinski definition) is 1. The van der Waals surface area contributed by atoms with Crippen molar-refractivity contribution in [3.63, 3.8) is 0 Å². The fourth-order valence-corrected chi connectivity index (χ4v) is 2.16.